The summed E-state index contributed by atoms with van der Waals surface area (Å²) >= 11 is 5.96. The van der Waals surface area contributed by atoms with Crippen molar-refractivity contribution in [2.75, 3.05) is 18.1 Å². The molecule has 1 fully saturated rings. The van der Waals surface area contributed by atoms with Crippen LogP contribution in [0.5, 0.6) is 11.5 Å². The Labute approximate surface area is 172 Å². The van der Waals surface area contributed by atoms with E-state index in [9.17, 15) is 14.4 Å². The van der Waals surface area contributed by atoms with Gasteiger partial charge in [-0.15, -0.1) is 0 Å². The number of anilines is 1. The molecule has 0 aliphatic carbocycles. The molecule has 7 nitrogen and oxygen atoms in total. The molecule has 0 spiro atoms. The van der Waals surface area contributed by atoms with Crippen LogP contribution in [0.1, 0.15) is 19.4 Å². The summed E-state index contributed by atoms with van der Waals surface area (Å²) in [5.41, 5.74) is 0.632. The lowest BCUT2D eigenvalue weighted by Crippen LogP contribution is -2.54. The lowest BCUT2D eigenvalue weighted by Gasteiger charge is -2.26. The molecule has 0 atom stereocenters. The van der Waals surface area contributed by atoms with E-state index in [1.54, 1.807) is 36.4 Å². The number of barbiturate groups is 1. The Morgan fingerprint density at radius 2 is 1.72 bits per heavy atom. The maximum absolute atomic E-state index is 12.9. The molecule has 1 heterocycles. The lowest BCUT2D eigenvalue weighted by molar-refractivity contribution is -0.122. The van der Waals surface area contributed by atoms with Crippen LogP contribution >= 0.6 is 11.6 Å². The number of hydrogen-bond acceptors (Lipinski definition) is 5. The number of halogens is 1. The number of urea groups is 1. The summed E-state index contributed by atoms with van der Waals surface area (Å²) < 4.78 is 11.1. The Kier molecular flexibility index (Phi) is 6.19. The number of imide groups is 2. The van der Waals surface area contributed by atoms with Gasteiger partial charge in [-0.25, -0.2) is 9.69 Å². The maximum atomic E-state index is 12.9. The van der Waals surface area contributed by atoms with Crippen LogP contribution < -0.4 is 19.7 Å². The number of amides is 4. The fourth-order valence-electron chi connectivity index (χ4n) is 2.83. The maximum Gasteiger partial charge on any atom is 0.335 e. The molecule has 4 amide bonds. The largest absolute Gasteiger partial charge is 0.490 e. The van der Waals surface area contributed by atoms with Crippen molar-refractivity contribution in [3.05, 3.63) is 58.6 Å². The SMILES string of the molecule is CCOc1ccc(/C=C2\C(=O)NC(=O)N(c3cccc(Cl)c3)C2=O)cc1OCC. The first-order valence-electron chi connectivity index (χ1n) is 9.01. The van der Waals surface area contributed by atoms with Crippen LogP contribution in [-0.4, -0.2) is 31.1 Å². The molecule has 0 unspecified atom stereocenters. The van der Waals surface area contributed by atoms with Crippen molar-refractivity contribution in [3.63, 3.8) is 0 Å². The van der Waals surface area contributed by atoms with Crippen LogP contribution in [-0.2, 0) is 9.59 Å². The van der Waals surface area contributed by atoms with Gasteiger partial charge in [-0.1, -0.05) is 23.7 Å². The van der Waals surface area contributed by atoms with Crippen LogP contribution in [0.15, 0.2) is 48.0 Å². The van der Waals surface area contributed by atoms with Gasteiger partial charge in [0, 0.05) is 5.02 Å². The first-order chi connectivity index (χ1) is 13.9. The number of carbonyl (C=O) groups is 3. The van der Waals surface area contributed by atoms with Crippen molar-refractivity contribution >= 4 is 41.2 Å². The van der Waals surface area contributed by atoms with Gasteiger partial charge in [-0.2, -0.15) is 0 Å². The Morgan fingerprint density at radius 3 is 2.41 bits per heavy atom. The molecule has 2 aromatic rings. The summed E-state index contributed by atoms with van der Waals surface area (Å²) in [6.45, 7) is 4.60. The van der Waals surface area contributed by atoms with Crippen LogP contribution in [0.3, 0.4) is 0 Å². The minimum absolute atomic E-state index is 0.184. The molecule has 0 saturated carbocycles. The highest BCUT2D eigenvalue weighted by atomic mass is 35.5. The highest BCUT2D eigenvalue weighted by Gasteiger charge is 2.36. The van der Waals surface area contributed by atoms with Crippen LogP contribution in [0.2, 0.25) is 5.02 Å². The van der Waals surface area contributed by atoms with E-state index in [1.807, 2.05) is 13.8 Å². The second kappa shape index (κ2) is 8.79. The molecule has 29 heavy (non-hydrogen) atoms. The Bertz CT molecular complexity index is 1000. The summed E-state index contributed by atoms with van der Waals surface area (Å²) in [6, 6.07) is 10.5. The highest BCUT2D eigenvalue weighted by molar-refractivity contribution is 6.39. The monoisotopic (exact) mass is 414 g/mol. The van der Waals surface area contributed by atoms with Gasteiger partial charge in [0.15, 0.2) is 11.5 Å². The van der Waals surface area contributed by atoms with E-state index in [4.69, 9.17) is 21.1 Å². The number of nitrogens with zero attached hydrogens (tertiary/aromatic N) is 1. The van der Waals surface area contributed by atoms with Gasteiger partial charge in [-0.05, 0) is 55.8 Å². The van der Waals surface area contributed by atoms with Crippen molar-refractivity contribution < 1.29 is 23.9 Å². The number of carbonyl (C=O) groups excluding carboxylic acids is 3. The van der Waals surface area contributed by atoms with Crippen molar-refractivity contribution in [2.45, 2.75) is 13.8 Å². The smallest absolute Gasteiger partial charge is 0.335 e. The Hall–Kier alpha value is -3.32. The topological polar surface area (TPSA) is 84.9 Å². The fourth-order valence-corrected chi connectivity index (χ4v) is 3.02. The quantitative estimate of drug-likeness (QED) is 0.574. The number of rotatable bonds is 6. The van der Waals surface area contributed by atoms with Gasteiger partial charge < -0.3 is 9.47 Å². The predicted octanol–water partition coefficient (Wildman–Crippen LogP) is 3.80. The second-order valence-corrected chi connectivity index (χ2v) is 6.45. The molecule has 8 heteroatoms. The second-order valence-electron chi connectivity index (χ2n) is 6.01. The third kappa shape index (κ3) is 4.41. The first kappa shape index (κ1) is 20.4. The summed E-state index contributed by atoms with van der Waals surface area (Å²) in [7, 11) is 0. The minimum atomic E-state index is -0.832. The van der Waals surface area contributed by atoms with Gasteiger partial charge in [0.1, 0.15) is 5.57 Å². The van der Waals surface area contributed by atoms with Gasteiger partial charge in [0.25, 0.3) is 11.8 Å². The normalized spacial score (nSPS) is 15.5. The predicted molar refractivity (Wildman–Crippen MR) is 109 cm³/mol. The zero-order valence-corrected chi connectivity index (χ0v) is 16.7. The number of hydrogen-bond donors (Lipinski definition) is 1. The molecule has 0 aromatic heterocycles. The van der Waals surface area contributed by atoms with E-state index in [0.717, 1.165) is 4.90 Å². The summed E-state index contributed by atoms with van der Waals surface area (Å²) in [5, 5.41) is 2.54. The van der Waals surface area contributed by atoms with Crippen molar-refractivity contribution in [3.8, 4) is 11.5 Å². The fraction of sp³-hybridized carbons (Fsp3) is 0.190. The molecule has 1 N–H and O–H groups in total. The van der Waals surface area contributed by atoms with Crippen molar-refractivity contribution in [1.82, 2.24) is 5.32 Å². The first-order valence-corrected chi connectivity index (χ1v) is 9.39. The van der Waals surface area contributed by atoms with Crippen LogP contribution in [0.4, 0.5) is 10.5 Å². The van der Waals surface area contributed by atoms with E-state index < -0.39 is 17.8 Å². The summed E-state index contributed by atoms with van der Waals surface area (Å²) in [4.78, 5) is 38.4. The van der Waals surface area contributed by atoms with E-state index in [2.05, 4.69) is 5.32 Å². The molecule has 3 rings (SSSR count). The zero-order chi connectivity index (χ0) is 21.0. The van der Waals surface area contributed by atoms with E-state index in [1.165, 1.54) is 12.1 Å². The molecule has 2 aromatic carbocycles. The molecule has 150 valence electrons. The van der Waals surface area contributed by atoms with Gasteiger partial charge in [-0.3, -0.25) is 14.9 Å². The zero-order valence-electron chi connectivity index (χ0n) is 15.9. The molecular weight excluding hydrogens is 396 g/mol. The average molecular weight is 415 g/mol. The molecular formula is C21H19ClN2O5. The third-order valence-corrected chi connectivity index (χ3v) is 4.28. The highest BCUT2D eigenvalue weighted by Crippen LogP contribution is 2.30. The molecule has 1 aliphatic heterocycles. The third-order valence-electron chi connectivity index (χ3n) is 4.05. The molecule has 1 aliphatic rings. The minimum Gasteiger partial charge on any atom is -0.490 e. The standard InChI is InChI=1S/C21H19ClN2O5/c1-3-28-17-9-8-13(11-18(17)29-4-2)10-16-19(25)23-21(27)24(20(16)26)15-7-5-6-14(22)12-15/h5-12H,3-4H2,1-2H3,(H,23,25,27)/b16-10+. The van der Waals surface area contributed by atoms with Gasteiger partial charge >= 0.3 is 6.03 Å². The van der Waals surface area contributed by atoms with Crippen LogP contribution in [0.25, 0.3) is 6.08 Å². The number of nitrogens with one attached hydrogen (secondary N) is 1. The van der Waals surface area contributed by atoms with Crippen molar-refractivity contribution in [1.29, 1.82) is 0 Å². The Morgan fingerprint density at radius 1 is 1.00 bits per heavy atom. The lowest BCUT2D eigenvalue weighted by atomic mass is 10.1. The molecule has 1 saturated heterocycles. The van der Waals surface area contributed by atoms with Gasteiger partial charge in [0.05, 0.1) is 18.9 Å². The van der Waals surface area contributed by atoms with E-state index >= 15 is 0 Å². The van der Waals surface area contributed by atoms with E-state index in [-0.39, 0.29) is 11.3 Å². The number of benzene rings is 2. The average Bonchev–Trinajstić information content (AvgIpc) is 2.67. The number of ether oxygens (including phenoxy) is 2. The van der Waals surface area contributed by atoms with E-state index in [0.29, 0.717) is 35.3 Å². The van der Waals surface area contributed by atoms with Crippen LogP contribution in [0, 0.1) is 0 Å². The molecule has 0 radical (unpaired) electrons. The van der Waals surface area contributed by atoms with Gasteiger partial charge in [0.2, 0.25) is 0 Å². The Balaban J connectivity index is 1.99. The molecule has 0 bridgehead atoms. The van der Waals surface area contributed by atoms with Crippen molar-refractivity contribution in [2.24, 2.45) is 0 Å². The summed E-state index contributed by atoms with van der Waals surface area (Å²) in [5.74, 6) is -0.459. The summed E-state index contributed by atoms with van der Waals surface area (Å²) in [6.07, 6.45) is 1.40.